The monoisotopic (exact) mass is 413 g/mol. The molecule has 0 aliphatic carbocycles. The Morgan fingerprint density at radius 2 is 1.71 bits per heavy atom. The van der Waals surface area contributed by atoms with Gasteiger partial charge in [0.15, 0.2) is 0 Å². The first-order valence-corrected chi connectivity index (χ1v) is 10.3. The predicted molar refractivity (Wildman–Crippen MR) is 92.5 cm³/mol. The van der Waals surface area contributed by atoms with Crippen molar-refractivity contribution in [3.63, 3.8) is 0 Å². The van der Waals surface area contributed by atoms with Crippen molar-refractivity contribution in [3.8, 4) is 5.75 Å². The van der Waals surface area contributed by atoms with Gasteiger partial charge in [-0.1, -0.05) is 17.7 Å². The fourth-order valence-corrected chi connectivity index (χ4v) is 4.62. The third kappa shape index (κ3) is 4.45. The maximum atomic E-state index is 10.4. The summed E-state index contributed by atoms with van der Waals surface area (Å²) in [6, 6.07) is 12.1. The molecule has 1 heterocycles. The number of benzene rings is 2. The van der Waals surface area contributed by atoms with E-state index in [1.165, 1.54) is 26.5 Å². The zero-order valence-electron chi connectivity index (χ0n) is 13.9. The van der Waals surface area contributed by atoms with Crippen LogP contribution in [0.5, 0.6) is 5.75 Å². The Kier molecular flexibility index (Phi) is 5.83. The average molecular weight is 412 g/mol. The topological polar surface area (TPSA) is 70.3 Å². The van der Waals surface area contributed by atoms with Crippen LogP contribution in [-0.2, 0) is 17.2 Å². The van der Waals surface area contributed by atoms with Crippen molar-refractivity contribution in [3.05, 3.63) is 52.6 Å². The van der Waals surface area contributed by atoms with Crippen molar-refractivity contribution >= 4 is 34.4 Å². The van der Waals surface area contributed by atoms with Crippen LogP contribution < -0.4 is 9.30 Å². The van der Waals surface area contributed by atoms with E-state index in [-0.39, 0.29) is 4.90 Å². The van der Waals surface area contributed by atoms with Gasteiger partial charge in [-0.15, -0.1) is 0 Å². The molecule has 2 aromatic carbocycles. The molecule has 0 aliphatic rings. The Morgan fingerprint density at radius 1 is 1.08 bits per heavy atom. The normalized spacial score (nSPS) is 11.0. The number of hydrogen-bond acceptors (Lipinski definition) is 4. The van der Waals surface area contributed by atoms with Gasteiger partial charge in [-0.2, -0.15) is 0 Å². The number of aryl methyl sites for hydroxylation is 3. The second-order valence-electron chi connectivity index (χ2n) is 5.28. The van der Waals surface area contributed by atoms with E-state index in [9.17, 15) is 13.0 Å². The molecule has 24 heavy (non-hydrogen) atoms. The van der Waals surface area contributed by atoms with Crippen LogP contribution in [0.2, 0.25) is 0 Å². The smallest absolute Gasteiger partial charge is 0.124 e. The molecule has 1 aromatic heterocycles. The Labute approximate surface area is 148 Å². The molecule has 3 rings (SSSR count). The second-order valence-corrected chi connectivity index (χ2v) is 9.25. The molecule has 0 fully saturated rings. The summed E-state index contributed by atoms with van der Waals surface area (Å²) in [5.74, 6) is 0.941. The van der Waals surface area contributed by atoms with E-state index < -0.39 is 10.1 Å². The molecule has 0 bridgehead atoms. The number of fused-ring (bicyclic) bond motifs is 1. The third-order valence-corrected chi connectivity index (χ3v) is 6.80. The third-order valence-electron chi connectivity index (χ3n) is 3.57. The van der Waals surface area contributed by atoms with Gasteiger partial charge in [0.25, 0.3) is 0 Å². The first kappa shape index (κ1) is 18.7. The minimum atomic E-state index is -4.27. The summed E-state index contributed by atoms with van der Waals surface area (Å²) in [6.07, 6.45) is 0. The van der Waals surface area contributed by atoms with Crippen LogP contribution in [0.15, 0.2) is 47.4 Å². The first-order chi connectivity index (χ1) is 11.2. The molecule has 0 saturated carbocycles. The van der Waals surface area contributed by atoms with E-state index in [2.05, 4.69) is 30.7 Å². The zero-order valence-corrected chi connectivity index (χ0v) is 16.5. The molecule has 0 atom stereocenters. The van der Waals surface area contributed by atoms with Gasteiger partial charge in [-0.25, -0.2) is 8.42 Å². The Bertz CT molecular complexity index is 947. The van der Waals surface area contributed by atoms with Gasteiger partial charge < -0.3 is 4.55 Å². The number of hydrogen-bond donors (Lipinski definition) is 0. The van der Waals surface area contributed by atoms with Gasteiger partial charge in [0.1, 0.15) is 10.1 Å². The van der Waals surface area contributed by atoms with E-state index in [4.69, 9.17) is 4.74 Å². The van der Waals surface area contributed by atoms with E-state index in [1.807, 2.05) is 13.0 Å². The van der Waals surface area contributed by atoms with E-state index >= 15 is 0 Å². The van der Waals surface area contributed by atoms with Gasteiger partial charge in [-0.3, -0.25) is 0 Å². The van der Waals surface area contributed by atoms with Crippen molar-refractivity contribution in [1.29, 1.82) is 0 Å². The molecule has 0 spiro atoms. The predicted octanol–water partition coefficient (Wildman–Crippen LogP) is 1.94. The summed E-state index contributed by atoms with van der Waals surface area (Å²) in [5, 5.41) is 0. The van der Waals surface area contributed by atoms with Crippen molar-refractivity contribution < 1.29 is 22.3 Å². The van der Waals surface area contributed by atoms with Gasteiger partial charge in [0.2, 0.25) is 0 Å². The molecule has 3 aromatic rings. The van der Waals surface area contributed by atoms with Crippen molar-refractivity contribution in [2.75, 3.05) is 7.11 Å². The van der Waals surface area contributed by atoms with Crippen LogP contribution >= 0.6 is 0 Å². The SMILES string of the molecule is COc1ccc2[se]c(C)[n+](C)c2c1.Cc1ccc(S(=O)(=O)[O-])cc1. The molecule has 7 heteroatoms. The average Bonchev–Trinajstić information content (AvgIpc) is 2.82. The summed E-state index contributed by atoms with van der Waals surface area (Å²) < 4.78 is 41.5. The molecule has 0 saturated heterocycles. The molecule has 0 aliphatic heterocycles. The molecule has 0 radical (unpaired) electrons. The standard InChI is InChI=1S/C10H12NOSe.C7H8O3S/c1-7-11(2)9-6-8(12-3)4-5-10(9)13-7;1-6-2-4-7(5-3-6)11(8,9)10/h4-6H,1-3H3;2-5H,1H3,(H,8,9,10)/q+1;/p-1. The van der Waals surface area contributed by atoms with Crippen LogP contribution in [-0.4, -0.2) is 34.6 Å². The fourth-order valence-electron chi connectivity index (χ4n) is 2.07. The number of aromatic nitrogens is 1. The number of nitrogens with zero attached hydrogens (tertiary/aromatic N) is 1. The molecule has 128 valence electrons. The fraction of sp³-hybridized carbons (Fsp3) is 0.235. The van der Waals surface area contributed by atoms with Gasteiger partial charge in [0.05, 0.1) is 4.90 Å². The molecule has 5 nitrogen and oxygen atoms in total. The summed E-state index contributed by atoms with van der Waals surface area (Å²) >= 11 is 0.510. The van der Waals surface area contributed by atoms with E-state index in [0.29, 0.717) is 14.5 Å². The number of ether oxygens (including phenoxy) is 1. The summed E-state index contributed by atoms with van der Waals surface area (Å²) in [4.78, 5) is -0.178. The largest absolute Gasteiger partial charge is 0.744 e. The molecular formula is C17H19NO4SSe. The summed E-state index contributed by atoms with van der Waals surface area (Å²) in [7, 11) is -0.449. The van der Waals surface area contributed by atoms with Crippen LogP contribution in [0.4, 0.5) is 0 Å². The Balaban J connectivity index is 0.000000177. The second kappa shape index (κ2) is 7.49. The van der Waals surface area contributed by atoms with Crippen LogP contribution in [0.3, 0.4) is 0 Å². The summed E-state index contributed by atoms with van der Waals surface area (Å²) in [6.45, 7) is 4.01. The van der Waals surface area contributed by atoms with Crippen molar-refractivity contribution in [1.82, 2.24) is 0 Å². The Hall–Kier alpha value is -1.66. The molecule has 0 unspecified atom stereocenters. The van der Waals surface area contributed by atoms with Crippen LogP contribution in [0.25, 0.3) is 9.78 Å². The minimum absolute atomic E-state index is 0.178. The minimum Gasteiger partial charge on any atom is -0.744 e. The quantitative estimate of drug-likeness (QED) is 0.367. The number of rotatable bonds is 2. The maximum absolute atomic E-state index is 10.4. The molecule has 0 N–H and O–H groups in total. The molecular weight excluding hydrogens is 393 g/mol. The van der Waals surface area contributed by atoms with Gasteiger partial charge in [-0.05, 0) is 19.1 Å². The molecule has 0 amide bonds. The van der Waals surface area contributed by atoms with Gasteiger partial charge in [0, 0.05) is 0 Å². The van der Waals surface area contributed by atoms with Crippen LogP contribution in [0.1, 0.15) is 10.1 Å². The van der Waals surface area contributed by atoms with Crippen LogP contribution in [0, 0.1) is 13.8 Å². The van der Waals surface area contributed by atoms with E-state index in [0.717, 1.165) is 11.3 Å². The number of methoxy groups -OCH3 is 1. The van der Waals surface area contributed by atoms with Crippen molar-refractivity contribution in [2.24, 2.45) is 7.05 Å². The Morgan fingerprint density at radius 3 is 2.25 bits per heavy atom. The maximum Gasteiger partial charge on any atom is 0.124 e. The van der Waals surface area contributed by atoms with E-state index in [1.54, 1.807) is 19.2 Å². The summed E-state index contributed by atoms with van der Waals surface area (Å²) in [5.41, 5.74) is 2.23. The first-order valence-electron chi connectivity index (χ1n) is 7.18. The van der Waals surface area contributed by atoms with Crippen molar-refractivity contribution in [2.45, 2.75) is 18.7 Å². The zero-order chi connectivity index (χ0) is 17.9. The van der Waals surface area contributed by atoms with Gasteiger partial charge >= 0.3 is 83.2 Å².